The standard InChI is InChI=1S/C42H16F12N12/c43-39(44,45)21-1-9-25(10-2-21)63-29(17-55)30(18-56)64(26-11-3-22(4-12-26)40(46,47)48)36-35(63)59-33(60-36)34-61-37-38(62-34)66(28-15-7-24(8-16-28)42(52,53)54)32(20-58)31(19-57)65(37)27-13-5-23(6-14-27)41(49,50)51/h1-16H. The number of rotatable bonds is 4. The van der Waals surface area contributed by atoms with E-state index in [1.807, 2.05) is 0 Å². The van der Waals surface area contributed by atoms with E-state index < -0.39 is 105 Å². The molecule has 0 saturated heterocycles. The predicted molar refractivity (Wildman–Crippen MR) is 209 cm³/mol. The zero-order valence-electron chi connectivity index (χ0n) is 32.1. The minimum atomic E-state index is -4.81. The molecule has 4 aromatic rings. The van der Waals surface area contributed by atoms with Crippen LogP contribution in [0, 0.1) is 45.3 Å². The lowest BCUT2D eigenvalue weighted by Crippen LogP contribution is -2.49. The quantitative estimate of drug-likeness (QED) is 0.183. The van der Waals surface area contributed by atoms with E-state index in [9.17, 15) is 73.7 Å². The minimum absolute atomic E-state index is 0.196. The fourth-order valence-corrected chi connectivity index (χ4v) is 6.91. The normalized spacial score (nSPS) is 16.5. The number of benzene rings is 4. The Kier molecular flexibility index (Phi) is 10.2. The first-order chi connectivity index (χ1) is 31.1. The monoisotopic (exact) mass is 916 g/mol. The van der Waals surface area contributed by atoms with Gasteiger partial charge in [0.05, 0.1) is 22.3 Å². The van der Waals surface area contributed by atoms with Gasteiger partial charge >= 0.3 is 24.7 Å². The van der Waals surface area contributed by atoms with Gasteiger partial charge in [-0.25, -0.2) is 20.0 Å². The van der Waals surface area contributed by atoms with Gasteiger partial charge in [0.25, 0.3) is 0 Å². The van der Waals surface area contributed by atoms with Crippen LogP contribution in [0.3, 0.4) is 0 Å². The number of aliphatic imine (C=N–C) groups is 4. The molecule has 0 N–H and O–H groups in total. The molecule has 0 fully saturated rings. The van der Waals surface area contributed by atoms with Crippen molar-refractivity contribution in [1.82, 2.24) is 0 Å². The minimum Gasteiger partial charge on any atom is -0.280 e. The second-order valence-corrected chi connectivity index (χ2v) is 13.8. The van der Waals surface area contributed by atoms with Gasteiger partial charge in [0.15, 0.2) is 46.1 Å². The summed E-state index contributed by atoms with van der Waals surface area (Å²) in [4.78, 5) is 21.6. The molecule has 0 unspecified atom stereocenters. The molecule has 0 radical (unpaired) electrons. The Bertz CT molecular complexity index is 2690. The molecule has 0 aliphatic carbocycles. The van der Waals surface area contributed by atoms with Gasteiger partial charge in [-0.15, -0.1) is 0 Å². The first-order valence-corrected chi connectivity index (χ1v) is 18.2. The van der Waals surface area contributed by atoms with E-state index in [2.05, 4.69) is 20.0 Å². The number of amidine groups is 4. The molecule has 24 heteroatoms. The Morgan fingerprint density at radius 1 is 0.303 bits per heavy atom. The SMILES string of the molecule is N#CC1=C(C#N)N(c2ccc(C(F)(F)F)cc2)C2=NC(=C3N=C4C(=N3)N(c3ccc(C(F)(F)F)cc3)C(C#N)=C(C#N)N4c3ccc(C(F)(F)F)cc3)N=C2N1c1ccc(C(F)(F)F)cc1. The van der Waals surface area contributed by atoms with Gasteiger partial charge in [-0.2, -0.15) is 73.7 Å². The number of nitriles is 4. The van der Waals surface area contributed by atoms with Crippen LogP contribution in [0.1, 0.15) is 22.3 Å². The maximum Gasteiger partial charge on any atom is 0.416 e. The molecule has 12 nitrogen and oxygen atoms in total. The zero-order valence-corrected chi connectivity index (χ0v) is 32.1. The number of fused-ring (bicyclic) bond motifs is 2. The summed E-state index contributed by atoms with van der Waals surface area (Å²) in [6, 6.07) is 19.8. The van der Waals surface area contributed by atoms with Crippen molar-refractivity contribution in [3.8, 4) is 24.3 Å². The largest absolute Gasteiger partial charge is 0.416 e. The molecule has 4 aromatic carbocycles. The number of allylic oxidation sites excluding steroid dienone is 4. The van der Waals surface area contributed by atoms with Gasteiger partial charge in [-0.05, 0) is 97.1 Å². The van der Waals surface area contributed by atoms with E-state index in [1.165, 1.54) is 0 Å². The van der Waals surface area contributed by atoms with Crippen LogP contribution < -0.4 is 19.6 Å². The van der Waals surface area contributed by atoms with Crippen molar-refractivity contribution >= 4 is 46.1 Å². The first kappa shape index (κ1) is 43.7. The average Bonchev–Trinajstić information content (AvgIpc) is 3.92. The second-order valence-electron chi connectivity index (χ2n) is 13.8. The van der Waals surface area contributed by atoms with Crippen LogP contribution in [0.2, 0.25) is 0 Å². The molecule has 4 heterocycles. The number of nitrogens with zero attached hydrogens (tertiary/aromatic N) is 12. The fourth-order valence-electron chi connectivity index (χ4n) is 6.91. The number of halogens is 12. The fraction of sp³-hybridized carbons (Fsp3) is 0.0952. The van der Waals surface area contributed by atoms with Crippen LogP contribution in [0.15, 0.2) is 151 Å². The highest BCUT2D eigenvalue weighted by Gasteiger charge is 2.46. The molecule has 0 aromatic heterocycles. The van der Waals surface area contributed by atoms with Crippen molar-refractivity contribution in [1.29, 1.82) is 21.0 Å². The maximum absolute atomic E-state index is 13.6. The van der Waals surface area contributed by atoms with E-state index in [0.29, 0.717) is 48.5 Å². The summed E-state index contributed by atoms with van der Waals surface area (Å²) in [5, 5.41) is 41.8. The average molecular weight is 917 g/mol. The van der Waals surface area contributed by atoms with Crippen molar-refractivity contribution < 1.29 is 52.7 Å². The molecule has 328 valence electrons. The Balaban J connectivity index is 1.38. The van der Waals surface area contributed by atoms with Crippen LogP contribution in [0.25, 0.3) is 0 Å². The summed E-state index contributed by atoms with van der Waals surface area (Å²) in [7, 11) is 0. The molecule has 66 heavy (non-hydrogen) atoms. The zero-order chi connectivity index (χ0) is 47.7. The molecule has 0 bridgehead atoms. The highest BCUT2D eigenvalue weighted by Crippen LogP contribution is 2.42. The highest BCUT2D eigenvalue weighted by atomic mass is 19.4. The van der Waals surface area contributed by atoms with Crippen molar-refractivity contribution in [2.24, 2.45) is 20.0 Å². The summed E-state index contributed by atoms with van der Waals surface area (Å²) in [6.45, 7) is 0. The molecular formula is C42H16F12N12. The lowest BCUT2D eigenvalue weighted by Gasteiger charge is -2.36. The van der Waals surface area contributed by atoms with Gasteiger partial charge in [-0.1, -0.05) is 0 Å². The topological polar surface area (TPSA) is 158 Å². The Hall–Kier alpha value is -8.90. The first-order valence-electron chi connectivity index (χ1n) is 18.2. The summed E-state index contributed by atoms with van der Waals surface area (Å²) in [5.41, 5.74) is -7.61. The number of anilines is 4. The van der Waals surface area contributed by atoms with E-state index in [4.69, 9.17) is 0 Å². The third-order valence-electron chi connectivity index (χ3n) is 9.87. The molecule has 0 spiro atoms. The summed E-state index contributed by atoms with van der Waals surface area (Å²) in [5.74, 6) is -2.77. The molecule has 8 rings (SSSR count). The summed E-state index contributed by atoms with van der Waals surface area (Å²) >= 11 is 0. The second kappa shape index (κ2) is 15.4. The van der Waals surface area contributed by atoms with Crippen LogP contribution in [-0.4, -0.2) is 23.3 Å². The van der Waals surface area contributed by atoms with Crippen molar-refractivity contribution in [2.45, 2.75) is 24.7 Å². The molecular weight excluding hydrogens is 901 g/mol. The molecule has 4 aliphatic heterocycles. The highest BCUT2D eigenvalue weighted by molar-refractivity contribution is 6.55. The summed E-state index contributed by atoms with van der Waals surface area (Å²) in [6.07, 6.45) is -19.3. The van der Waals surface area contributed by atoms with E-state index in [-0.39, 0.29) is 22.7 Å². The van der Waals surface area contributed by atoms with E-state index >= 15 is 0 Å². The third-order valence-corrected chi connectivity index (χ3v) is 9.87. The van der Waals surface area contributed by atoms with Crippen LogP contribution in [0.4, 0.5) is 75.4 Å². The van der Waals surface area contributed by atoms with Gasteiger partial charge in [0, 0.05) is 22.7 Å². The lowest BCUT2D eigenvalue weighted by atomic mass is 10.1. The van der Waals surface area contributed by atoms with Gasteiger partial charge in [0.1, 0.15) is 24.3 Å². The van der Waals surface area contributed by atoms with Gasteiger partial charge in [0.2, 0.25) is 11.6 Å². The smallest absolute Gasteiger partial charge is 0.280 e. The van der Waals surface area contributed by atoms with E-state index in [0.717, 1.165) is 68.1 Å². The summed E-state index contributed by atoms with van der Waals surface area (Å²) < 4.78 is 163. The van der Waals surface area contributed by atoms with Gasteiger partial charge in [-0.3, -0.25) is 19.6 Å². The lowest BCUT2D eigenvalue weighted by molar-refractivity contribution is -0.138. The molecule has 4 aliphatic rings. The number of alkyl halides is 12. The molecule has 0 amide bonds. The Morgan fingerprint density at radius 3 is 0.606 bits per heavy atom. The van der Waals surface area contributed by atoms with Crippen LogP contribution in [0.5, 0.6) is 0 Å². The van der Waals surface area contributed by atoms with Crippen LogP contribution in [-0.2, 0) is 24.7 Å². The van der Waals surface area contributed by atoms with Crippen molar-refractivity contribution in [3.05, 3.63) is 154 Å². The number of hydrogen-bond acceptors (Lipinski definition) is 12. The van der Waals surface area contributed by atoms with Crippen LogP contribution >= 0.6 is 0 Å². The van der Waals surface area contributed by atoms with Crippen molar-refractivity contribution in [2.75, 3.05) is 19.6 Å². The molecule has 0 atom stereocenters. The Labute approximate surface area is 361 Å². The van der Waals surface area contributed by atoms with Gasteiger partial charge < -0.3 is 0 Å². The van der Waals surface area contributed by atoms with E-state index in [1.54, 1.807) is 24.3 Å². The molecule has 0 saturated carbocycles. The predicted octanol–water partition coefficient (Wildman–Crippen LogP) is 10.4. The Morgan fingerprint density at radius 2 is 0.470 bits per heavy atom. The maximum atomic E-state index is 13.6. The third kappa shape index (κ3) is 7.45. The number of hydrogen-bond donors (Lipinski definition) is 0. The van der Waals surface area contributed by atoms with Crippen molar-refractivity contribution in [3.63, 3.8) is 0 Å².